The highest BCUT2D eigenvalue weighted by Gasteiger charge is 2.07. The second-order valence-corrected chi connectivity index (χ2v) is 6.99. The third-order valence-electron chi connectivity index (χ3n) is 4.85. The molecule has 0 radical (unpaired) electrons. The number of nitrogens with one attached hydrogen (secondary N) is 1. The van der Waals surface area contributed by atoms with Gasteiger partial charge in [-0.2, -0.15) is 0 Å². The zero-order chi connectivity index (χ0) is 20.9. The van der Waals surface area contributed by atoms with Crippen LogP contribution in [0.3, 0.4) is 0 Å². The van der Waals surface area contributed by atoms with E-state index in [1.54, 1.807) is 0 Å². The van der Waals surface area contributed by atoms with Crippen molar-refractivity contribution >= 4 is 22.7 Å². The van der Waals surface area contributed by atoms with E-state index in [4.69, 9.17) is 9.84 Å². The Hall–Kier alpha value is -3.80. The number of carboxylic acid groups (broad SMARTS) is 1. The van der Waals surface area contributed by atoms with Gasteiger partial charge >= 0.3 is 5.97 Å². The standard InChI is InChI=1S/C24H23N3O3/c1-2-30-21-10-8-20(9-11-21)27-16-26-22-14-19(7-12-23(22)27)25-15-18-5-3-17(4-6-18)13-24(28)29/h3-12,14,16,25H,2,13,15H2,1H3,(H,28,29). The van der Waals surface area contributed by atoms with Crippen LogP contribution in [-0.2, 0) is 17.8 Å². The lowest BCUT2D eigenvalue weighted by atomic mass is 10.1. The molecule has 0 aliphatic rings. The molecule has 0 bridgehead atoms. The molecule has 0 atom stereocenters. The summed E-state index contributed by atoms with van der Waals surface area (Å²) in [5.74, 6) is 0.0343. The van der Waals surface area contributed by atoms with Crippen LogP contribution in [0, 0.1) is 0 Å². The Labute approximate surface area is 174 Å². The van der Waals surface area contributed by atoms with Crippen LogP contribution < -0.4 is 10.1 Å². The summed E-state index contributed by atoms with van der Waals surface area (Å²) in [6.07, 6.45) is 1.87. The fraction of sp³-hybridized carbons (Fsp3) is 0.167. The molecule has 6 heteroatoms. The molecule has 4 aromatic rings. The van der Waals surface area contributed by atoms with Gasteiger partial charge in [-0.25, -0.2) is 4.98 Å². The van der Waals surface area contributed by atoms with Gasteiger partial charge in [0, 0.05) is 17.9 Å². The molecule has 6 nitrogen and oxygen atoms in total. The van der Waals surface area contributed by atoms with Crippen LogP contribution in [0.25, 0.3) is 16.7 Å². The molecule has 4 rings (SSSR count). The van der Waals surface area contributed by atoms with Crippen LogP contribution in [0.5, 0.6) is 5.75 Å². The van der Waals surface area contributed by atoms with E-state index in [1.807, 2.05) is 73.9 Å². The van der Waals surface area contributed by atoms with Crippen LogP contribution in [-0.4, -0.2) is 27.2 Å². The topological polar surface area (TPSA) is 76.4 Å². The van der Waals surface area contributed by atoms with Crippen LogP contribution in [0.4, 0.5) is 5.69 Å². The normalized spacial score (nSPS) is 10.8. The third kappa shape index (κ3) is 4.43. The molecule has 0 saturated heterocycles. The quantitative estimate of drug-likeness (QED) is 0.449. The highest BCUT2D eigenvalue weighted by Crippen LogP contribution is 2.23. The van der Waals surface area contributed by atoms with E-state index in [9.17, 15) is 4.79 Å². The predicted molar refractivity (Wildman–Crippen MR) is 117 cm³/mol. The van der Waals surface area contributed by atoms with E-state index < -0.39 is 5.97 Å². The Morgan fingerprint density at radius 2 is 1.77 bits per heavy atom. The van der Waals surface area contributed by atoms with Crippen LogP contribution in [0.1, 0.15) is 18.1 Å². The summed E-state index contributed by atoms with van der Waals surface area (Å²) in [6.45, 7) is 3.27. The van der Waals surface area contributed by atoms with Crippen molar-refractivity contribution in [1.29, 1.82) is 0 Å². The third-order valence-corrected chi connectivity index (χ3v) is 4.85. The van der Waals surface area contributed by atoms with E-state index in [0.717, 1.165) is 39.3 Å². The fourth-order valence-electron chi connectivity index (χ4n) is 3.35. The van der Waals surface area contributed by atoms with Crippen LogP contribution in [0.15, 0.2) is 73.1 Å². The molecule has 0 aliphatic carbocycles. The summed E-state index contributed by atoms with van der Waals surface area (Å²) in [4.78, 5) is 15.3. The lowest BCUT2D eigenvalue weighted by Crippen LogP contribution is -2.02. The predicted octanol–water partition coefficient (Wildman–Crippen LogP) is 4.66. The minimum absolute atomic E-state index is 0.0430. The smallest absolute Gasteiger partial charge is 0.307 e. The minimum atomic E-state index is -0.821. The molecule has 152 valence electrons. The lowest BCUT2D eigenvalue weighted by molar-refractivity contribution is -0.136. The summed E-state index contributed by atoms with van der Waals surface area (Å²) in [5.41, 5.74) is 5.84. The number of fused-ring (bicyclic) bond motifs is 1. The van der Waals surface area contributed by atoms with Gasteiger partial charge in [0.25, 0.3) is 0 Å². The van der Waals surface area contributed by atoms with Gasteiger partial charge in [-0.3, -0.25) is 9.36 Å². The molecule has 1 heterocycles. The van der Waals surface area contributed by atoms with Gasteiger partial charge in [0.1, 0.15) is 12.1 Å². The maximum absolute atomic E-state index is 10.8. The molecule has 0 amide bonds. The largest absolute Gasteiger partial charge is 0.494 e. The summed E-state index contributed by atoms with van der Waals surface area (Å²) in [6, 6.07) is 21.7. The highest BCUT2D eigenvalue weighted by molar-refractivity contribution is 5.81. The molecule has 30 heavy (non-hydrogen) atoms. The summed E-state index contributed by atoms with van der Waals surface area (Å²) < 4.78 is 7.56. The first-order valence-corrected chi connectivity index (χ1v) is 9.86. The summed E-state index contributed by atoms with van der Waals surface area (Å²) >= 11 is 0. The zero-order valence-electron chi connectivity index (χ0n) is 16.7. The average molecular weight is 401 g/mol. The Morgan fingerprint density at radius 1 is 1.03 bits per heavy atom. The average Bonchev–Trinajstić information content (AvgIpc) is 3.17. The maximum atomic E-state index is 10.8. The van der Waals surface area contributed by atoms with E-state index in [0.29, 0.717) is 13.2 Å². The molecule has 0 spiro atoms. The first kappa shape index (κ1) is 19.5. The first-order chi connectivity index (χ1) is 14.6. The molecule has 0 fully saturated rings. The second kappa shape index (κ2) is 8.69. The van der Waals surface area contributed by atoms with Crippen molar-refractivity contribution < 1.29 is 14.6 Å². The molecule has 1 aromatic heterocycles. The van der Waals surface area contributed by atoms with Gasteiger partial charge < -0.3 is 15.2 Å². The Balaban J connectivity index is 1.46. The number of carbonyl (C=O) groups is 1. The molecule has 2 N–H and O–H groups in total. The van der Waals surface area contributed by atoms with Crippen molar-refractivity contribution in [2.24, 2.45) is 0 Å². The van der Waals surface area contributed by atoms with Crippen molar-refractivity contribution in [3.63, 3.8) is 0 Å². The molecular formula is C24H23N3O3. The van der Waals surface area contributed by atoms with E-state index in [1.165, 1.54) is 0 Å². The van der Waals surface area contributed by atoms with Gasteiger partial charge in [-0.05, 0) is 60.5 Å². The summed E-state index contributed by atoms with van der Waals surface area (Å²) in [5, 5.41) is 12.3. The molecule has 3 aromatic carbocycles. The number of anilines is 1. The lowest BCUT2D eigenvalue weighted by Gasteiger charge is -2.09. The van der Waals surface area contributed by atoms with Gasteiger partial charge in [0.2, 0.25) is 0 Å². The summed E-state index contributed by atoms with van der Waals surface area (Å²) in [7, 11) is 0. The monoisotopic (exact) mass is 401 g/mol. The number of aliphatic carboxylic acids is 1. The van der Waals surface area contributed by atoms with E-state index in [-0.39, 0.29) is 6.42 Å². The number of imidazole rings is 1. The number of carboxylic acids is 1. The minimum Gasteiger partial charge on any atom is -0.494 e. The Bertz CT molecular complexity index is 1150. The number of aromatic nitrogens is 2. The second-order valence-electron chi connectivity index (χ2n) is 6.99. The van der Waals surface area contributed by atoms with Crippen LogP contribution >= 0.6 is 0 Å². The van der Waals surface area contributed by atoms with Gasteiger partial charge in [0.15, 0.2) is 0 Å². The molecule has 0 unspecified atom stereocenters. The van der Waals surface area contributed by atoms with Crippen molar-refractivity contribution in [3.05, 3.63) is 84.2 Å². The van der Waals surface area contributed by atoms with Gasteiger partial charge in [-0.15, -0.1) is 0 Å². The molecule has 0 aliphatic heterocycles. The number of hydrogen-bond donors (Lipinski definition) is 2. The number of benzene rings is 3. The highest BCUT2D eigenvalue weighted by atomic mass is 16.5. The van der Waals surface area contributed by atoms with Crippen molar-refractivity contribution in [3.8, 4) is 11.4 Å². The maximum Gasteiger partial charge on any atom is 0.307 e. The van der Waals surface area contributed by atoms with Crippen molar-refractivity contribution in [2.75, 3.05) is 11.9 Å². The Morgan fingerprint density at radius 3 is 2.47 bits per heavy atom. The zero-order valence-corrected chi connectivity index (χ0v) is 16.7. The van der Waals surface area contributed by atoms with Gasteiger partial charge in [-0.1, -0.05) is 24.3 Å². The van der Waals surface area contributed by atoms with E-state index >= 15 is 0 Å². The van der Waals surface area contributed by atoms with E-state index in [2.05, 4.69) is 20.9 Å². The number of rotatable bonds is 8. The first-order valence-electron chi connectivity index (χ1n) is 9.86. The molecular weight excluding hydrogens is 378 g/mol. The van der Waals surface area contributed by atoms with Gasteiger partial charge in [0.05, 0.1) is 24.1 Å². The van der Waals surface area contributed by atoms with Crippen LogP contribution in [0.2, 0.25) is 0 Å². The fourth-order valence-corrected chi connectivity index (χ4v) is 3.35. The van der Waals surface area contributed by atoms with Crippen molar-refractivity contribution in [2.45, 2.75) is 19.9 Å². The molecule has 0 saturated carbocycles. The van der Waals surface area contributed by atoms with Crippen molar-refractivity contribution in [1.82, 2.24) is 9.55 Å². The number of nitrogens with zero attached hydrogens (tertiary/aromatic N) is 2. The SMILES string of the molecule is CCOc1ccc(-n2cnc3cc(NCc4ccc(CC(=O)O)cc4)ccc32)cc1. The Kier molecular flexibility index (Phi) is 5.66. The number of hydrogen-bond acceptors (Lipinski definition) is 4. The number of ether oxygens (including phenoxy) is 1.